The first-order chi connectivity index (χ1) is 13.5. The van der Waals surface area contributed by atoms with Gasteiger partial charge in [-0.2, -0.15) is 0 Å². The second kappa shape index (κ2) is 8.07. The Morgan fingerprint density at radius 3 is 2.18 bits per heavy atom. The molecule has 3 aliphatic rings. The second-order valence-corrected chi connectivity index (χ2v) is 8.54. The molecular weight excluding hydrogens is 387 g/mol. The molecule has 0 radical (unpaired) electrons. The highest BCUT2D eigenvalue weighted by Crippen LogP contribution is 2.56. The monoisotopic (exact) mass is 412 g/mol. The van der Waals surface area contributed by atoms with E-state index >= 15 is 0 Å². The lowest BCUT2D eigenvalue weighted by molar-refractivity contribution is -0.324. The summed E-state index contributed by atoms with van der Waals surface area (Å²) in [6.07, 6.45) is 9.17. The van der Waals surface area contributed by atoms with Crippen molar-refractivity contribution in [1.29, 1.82) is 0 Å². The maximum absolute atomic E-state index is 14.2. The Morgan fingerprint density at radius 2 is 1.64 bits per heavy atom. The van der Waals surface area contributed by atoms with Crippen molar-refractivity contribution in [2.24, 2.45) is 11.8 Å². The lowest BCUT2D eigenvalue weighted by atomic mass is 9.63. The molecule has 1 N–H and O–H groups in total. The molecule has 28 heavy (non-hydrogen) atoms. The lowest BCUT2D eigenvalue weighted by Crippen LogP contribution is -2.53. The number of ether oxygens (including phenoxy) is 3. The summed E-state index contributed by atoms with van der Waals surface area (Å²) in [5.41, 5.74) is -0.0331. The SMILES string of the molecule is O=C(O)OC1Oc2cc(F)c(Cl)cc2C(C2CCCCC2)(C2CCCCC2)O1. The number of rotatable bonds is 3. The standard InChI is InChI=1S/C21H26ClFO5/c22-16-11-15-18(12-17(16)23)26-20(27-19(24)25)28-21(15,13-7-3-1-4-8-13)14-9-5-2-6-10-14/h11-14,20H,1-10H2,(H,24,25). The Morgan fingerprint density at radius 1 is 1.07 bits per heavy atom. The van der Waals surface area contributed by atoms with E-state index in [1.54, 1.807) is 6.07 Å². The molecule has 0 aromatic heterocycles. The van der Waals surface area contributed by atoms with Crippen molar-refractivity contribution in [3.05, 3.63) is 28.5 Å². The van der Waals surface area contributed by atoms with Crippen molar-refractivity contribution in [3.8, 4) is 5.75 Å². The Kier molecular flexibility index (Phi) is 5.70. The lowest BCUT2D eigenvalue weighted by Gasteiger charge is -2.52. The van der Waals surface area contributed by atoms with Gasteiger partial charge in [-0.05, 0) is 43.6 Å². The molecule has 1 aromatic rings. The maximum Gasteiger partial charge on any atom is 0.510 e. The van der Waals surface area contributed by atoms with Gasteiger partial charge in [-0.25, -0.2) is 9.18 Å². The van der Waals surface area contributed by atoms with Crippen molar-refractivity contribution in [2.75, 3.05) is 0 Å². The highest BCUT2D eigenvalue weighted by atomic mass is 35.5. The minimum atomic E-state index is -1.48. The van der Waals surface area contributed by atoms with Crippen molar-refractivity contribution >= 4 is 17.8 Å². The van der Waals surface area contributed by atoms with Crippen LogP contribution in [0.3, 0.4) is 0 Å². The molecule has 0 bridgehead atoms. The first kappa shape index (κ1) is 19.8. The summed E-state index contributed by atoms with van der Waals surface area (Å²) < 4.78 is 31.1. The number of carboxylic acid groups (broad SMARTS) is 1. The van der Waals surface area contributed by atoms with Gasteiger partial charge in [0.15, 0.2) is 0 Å². The molecule has 154 valence electrons. The number of fused-ring (bicyclic) bond motifs is 1. The highest BCUT2D eigenvalue weighted by Gasteiger charge is 2.54. The third kappa shape index (κ3) is 3.57. The fraction of sp³-hybridized carbons (Fsp3) is 0.667. The van der Waals surface area contributed by atoms with Crippen LogP contribution in [0.15, 0.2) is 12.1 Å². The van der Waals surface area contributed by atoms with Gasteiger partial charge in [-0.3, -0.25) is 4.74 Å². The normalized spacial score (nSPS) is 25.6. The van der Waals surface area contributed by atoms with E-state index in [1.165, 1.54) is 18.9 Å². The number of hydrogen-bond acceptors (Lipinski definition) is 4. The van der Waals surface area contributed by atoms with Crippen molar-refractivity contribution in [2.45, 2.75) is 76.3 Å². The van der Waals surface area contributed by atoms with E-state index in [2.05, 4.69) is 0 Å². The Bertz CT molecular complexity index is 710. The van der Waals surface area contributed by atoms with Crippen molar-refractivity contribution in [1.82, 2.24) is 0 Å². The zero-order chi connectivity index (χ0) is 19.7. The van der Waals surface area contributed by atoms with Crippen molar-refractivity contribution < 1.29 is 28.5 Å². The highest BCUT2D eigenvalue weighted by molar-refractivity contribution is 6.30. The van der Waals surface area contributed by atoms with Crippen LogP contribution < -0.4 is 4.74 Å². The van der Waals surface area contributed by atoms with Crippen LogP contribution in [0.4, 0.5) is 9.18 Å². The van der Waals surface area contributed by atoms with Gasteiger partial charge in [0, 0.05) is 11.6 Å². The predicted molar refractivity (Wildman–Crippen MR) is 101 cm³/mol. The third-order valence-corrected chi connectivity index (χ3v) is 6.87. The van der Waals surface area contributed by atoms with E-state index in [-0.39, 0.29) is 22.6 Å². The van der Waals surface area contributed by atoms with Gasteiger partial charge in [0.1, 0.15) is 17.2 Å². The average molecular weight is 413 g/mol. The number of halogens is 2. The molecule has 7 heteroatoms. The van der Waals surface area contributed by atoms with E-state index in [0.29, 0.717) is 0 Å². The minimum absolute atomic E-state index is 0.0274. The smallest absolute Gasteiger partial charge is 0.450 e. The molecule has 1 aliphatic heterocycles. The molecule has 4 rings (SSSR count). The molecule has 2 saturated carbocycles. The first-order valence-electron chi connectivity index (χ1n) is 10.2. The number of hydrogen-bond donors (Lipinski definition) is 1. The summed E-state index contributed by atoms with van der Waals surface area (Å²) in [7, 11) is 0. The summed E-state index contributed by atoms with van der Waals surface area (Å²) >= 11 is 6.16. The van der Waals surface area contributed by atoms with Gasteiger partial charge < -0.3 is 14.6 Å². The summed E-state index contributed by atoms with van der Waals surface area (Å²) in [6, 6.07) is 2.85. The summed E-state index contributed by atoms with van der Waals surface area (Å²) in [6.45, 7) is -1.41. The zero-order valence-electron chi connectivity index (χ0n) is 15.8. The Balaban J connectivity index is 1.85. The quantitative estimate of drug-likeness (QED) is 0.597. The van der Waals surface area contributed by atoms with Gasteiger partial charge >= 0.3 is 12.6 Å². The van der Waals surface area contributed by atoms with Crippen LogP contribution in [0.25, 0.3) is 0 Å². The largest absolute Gasteiger partial charge is 0.510 e. The first-order valence-corrected chi connectivity index (χ1v) is 10.6. The topological polar surface area (TPSA) is 65.0 Å². The van der Waals surface area contributed by atoms with Gasteiger partial charge in [-0.1, -0.05) is 50.1 Å². The summed E-state index contributed by atoms with van der Waals surface area (Å²) in [5.74, 6) is 0.0509. The van der Waals surface area contributed by atoms with Gasteiger partial charge in [0.2, 0.25) is 0 Å². The second-order valence-electron chi connectivity index (χ2n) is 8.13. The van der Waals surface area contributed by atoms with E-state index in [1.807, 2.05) is 0 Å². The van der Waals surface area contributed by atoms with Crippen LogP contribution in [0.1, 0.15) is 69.8 Å². The fourth-order valence-electron chi connectivity index (χ4n) is 5.44. The zero-order valence-corrected chi connectivity index (χ0v) is 16.5. The fourth-order valence-corrected chi connectivity index (χ4v) is 5.60. The number of benzene rings is 1. The van der Waals surface area contributed by atoms with E-state index in [9.17, 15) is 9.18 Å². The predicted octanol–water partition coefficient (Wildman–Crippen LogP) is 6.22. The molecule has 0 saturated heterocycles. The van der Waals surface area contributed by atoms with Crippen LogP contribution in [-0.4, -0.2) is 17.7 Å². The van der Waals surface area contributed by atoms with Crippen LogP contribution >= 0.6 is 11.6 Å². The van der Waals surface area contributed by atoms with E-state index in [0.717, 1.165) is 56.9 Å². The number of carbonyl (C=O) groups is 1. The molecule has 1 atom stereocenters. The maximum atomic E-state index is 14.2. The van der Waals surface area contributed by atoms with Gasteiger partial charge in [0.05, 0.1) is 5.02 Å². The van der Waals surface area contributed by atoms with Crippen molar-refractivity contribution in [3.63, 3.8) is 0 Å². The molecule has 2 fully saturated rings. The molecule has 1 aromatic carbocycles. The Labute approximate surface area is 169 Å². The molecule has 1 heterocycles. The molecule has 2 aliphatic carbocycles. The minimum Gasteiger partial charge on any atom is -0.450 e. The van der Waals surface area contributed by atoms with Crippen LogP contribution in [0.2, 0.25) is 5.02 Å². The average Bonchev–Trinajstić information content (AvgIpc) is 2.69. The molecule has 5 nitrogen and oxygen atoms in total. The summed E-state index contributed by atoms with van der Waals surface area (Å²) in [5, 5.41) is 9.15. The molecular formula is C21H26ClFO5. The van der Waals surface area contributed by atoms with Crippen LogP contribution in [0.5, 0.6) is 5.75 Å². The van der Waals surface area contributed by atoms with E-state index in [4.69, 9.17) is 30.9 Å². The third-order valence-electron chi connectivity index (χ3n) is 6.58. The molecule has 1 unspecified atom stereocenters. The van der Waals surface area contributed by atoms with E-state index < -0.39 is 24.0 Å². The molecule has 0 amide bonds. The summed E-state index contributed by atoms with van der Waals surface area (Å²) in [4.78, 5) is 11.2. The van der Waals surface area contributed by atoms with Crippen LogP contribution in [0, 0.1) is 17.7 Å². The van der Waals surface area contributed by atoms with Crippen LogP contribution in [-0.2, 0) is 15.1 Å². The molecule has 0 spiro atoms. The Hall–Kier alpha value is -1.53. The van der Waals surface area contributed by atoms with Gasteiger partial charge in [0.25, 0.3) is 0 Å². The van der Waals surface area contributed by atoms with Gasteiger partial charge in [-0.15, -0.1) is 0 Å².